The van der Waals surface area contributed by atoms with Crippen molar-refractivity contribution in [2.24, 2.45) is 46.3 Å². The van der Waals surface area contributed by atoms with Crippen molar-refractivity contribution in [3.8, 4) is 0 Å². The number of fused-ring (bicyclic) bond motifs is 5. The summed E-state index contributed by atoms with van der Waals surface area (Å²) in [4.78, 5) is 0. The third-order valence-electron chi connectivity index (χ3n) is 11.6. The quantitative estimate of drug-likeness (QED) is 0.444. The van der Waals surface area contributed by atoms with Gasteiger partial charge in [-0.15, -0.1) is 0 Å². The molecule has 5 unspecified atom stereocenters. The normalized spacial score (nSPS) is 42.7. The Morgan fingerprint density at radius 2 is 1.66 bits per heavy atom. The molecule has 0 spiro atoms. The van der Waals surface area contributed by atoms with Crippen LogP contribution in [-0.2, 0) is 0 Å². The fourth-order valence-corrected chi connectivity index (χ4v) is 9.73. The second kappa shape index (κ2) is 8.63. The fourth-order valence-electron chi connectivity index (χ4n) is 9.73. The highest BCUT2D eigenvalue weighted by molar-refractivity contribution is 5.63. The van der Waals surface area contributed by atoms with Gasteiger partial charge in [0, 0.05) is 0 Å². The van der Waals surface area contributed by atoms with Crippen LogP contribution in [0.4, 0.5) is 0 Å². The average molecular weight is 433 g/mol. The molecule has 0 saturated heterocycles. The van der Waals surface area contributed by atoms with E-state index >= 15 is 0 Å². The van der Waals surface area contributed by atoms with Crippen LogP contribution in [0.1, 0.15) is 109 Å². The van der Waals surface area contributed by atoms with Gasteiger partial charge in [-0.05, 0) is 129 Å². The molecule has 8 atom stereocenters. The van der Waals surface area contributed by atoms with Crippen LogP contribution in [0.3, 0.4) is 0 Å². The molecule has 0 radical (unpaired) electrons. The van der Waals surface area contributed by atoms with E-state index < -0.39 is 0 Å². The standard InChI is InChI=1S/C32H48/c1-22-9-13-25(14-10-22)23(2)11-12-24(3)28-17-18-29-27-16-15-26-8-6-7-20-31(26,4)30(27)19-21-32(28,29)5/h9-11,13-14,24,26-30H,6-8,12,15-21H2,1-5H3/b23-11+/t24-,26?,27?,28?,29?,30?,31+,32-/m1/s1. The van der Waals surface area contributed by atoms with E-state index in [0.29, 0.717) is 10.8 Å². The summed E-state index contributed by atoms with van der Waals surface area (Å²) in [7, 11) is 0. The van der Waals surface area contributed by atoms with E-state index in [9.17, 15) is 0 Å². The van der Waals surface area contributed by atoms with Crippen LogP contribution in [0.25, 0.3) is 5.57 Å². The van der Waals surface area contributed by atoms with Crippen LogP contribution in [-0.4, -0.2) is 0 Å². The van der Waals surface area contributed by atoms with Crippen LogP contribution >= 0.6 is 0 Å². The molecular weight excluding hydrogens is 384 g/mol. The predicted octanol–water partition coefficient (Wildman–Crippen LogP) is 9.47. The van der Waals surface area contributed by atoms with Gasteiger partial charge in [-0.2, -0.15) is 0 Å². The lowest BCUT2D eigenvalue weighted by Gasteiger charge is -2.61. The maximum atomic E-state index is 2.73. The van der Waals surface area contributed by atoms with E-state index in [1.807, 2.05) is 0 Å². The third kappa shape index (κ3) is 3.73. The average Bonchev–Trinajstić information content (AvgIpc) is 3.14. The minimum absolute atomic E-state index is 0.601. The summed E-state index contributed by atoms with van der Waals surface area (Å²) in [6.07, 6.45) is 19.0. The largest absolute Gasteiger partial charge is 0.0807 e. The number of hydrogen-bond acceptors (Lipinski definition) is 0. The lowest BCUT2D eigenvalue weighted by Crippen LogP contribution is -2.53. The Kier molecular flexibility index (Phi) is 6.13. The molecule has 0 heteroatoms. The Balaban J connectivity index is 1.29. The van der Waals surface area contributed by atoms with Crippen molar-refractivity contribution in [1.29, 1.82) is 0 Å². The van der Waals surface area contributed by atoms with Gasteiger partial charge in [0.2, 0.25) is 0 Å². The molecule has 5 rings (SSSR count). The highest BCUT2D eigenvalue weighted by Gasteiger charge is 2.59. The summed E-state index contributed by atoms with van der Waals surface area (Å²) in [5.41, 5.74) is 5.50. The molecule has 176 valence electrons. The van der Waals surface area contributed by atoms with Crippen molar-refractivity contribution in [1.82, 2.24) is 0 Å². The van der Waals surface area contributed by atoms with E-state index in [4.69, 9.17) is 0 Å². The molecule has 0 aromatic heterocycles. The molecule has 1 aromatic carbocycles. The zero-order valence-electron chi connectivity index (χ0n) is 21.6. The van der Waals surface area contributed by atoms with Crippen molar-refractivity contribution < 1.29 is 0 Å². The molecule has 4 fully saturated rings. The van der Waals surface area contributed by atoms with Crippen LogP contribution in [0.2, 0.25) is 0 Å². The molecule has 1 aromatic rings. The first-order chi connectivity index (χ1) is 15.3. The number of allylic oxidation sites excluding steroid dienone is 2. The first-order valence-electron chi connectivity index (χ1n) is 14.1. The smallest absolute Gasteiger partial charge is 0.0230 e. The van der Waals surface area contributed by atoms with Gasteiger partial charge < -0.3 is 0 Å². The molecule has 0 amide bonds. The van der Waals surface area contributed by atoms with Crippen molar-refractivity contribution in [2.75, 3.05) is 0 Å². The van der Waals surface area contributed by atoms with Gasteiger partial charge in [0.05, 0.1) is 0 Å². The van der Waals surface area contributed by atoms with Crippen LogP contribution in [0.5, 0.6) is 0 Å². The van der Waals surface area contributed by atoms with Crippen LogP contribution in [0, 0.1) is 53.3 Å². The van der Waals surface area contributed by atoms with Gasteiger partial charge in [-0.1, -0.05) is 69.5 Å². The topological polar surface area (TPSA) is 0 Å². The molecule has 0 nitrogen and oxygen atoms in total. The van der Waals surface area contributed by atoms with E-state index in [-0.39, 0.29) is 0 Å². The Hall–Kier alpha value is -1.04. The van der Waals surface area contributed by atoms with E-state index in [2.05, 4.69) is 65.0 Å². The zero-order chi connectivity index (χ0) is 22.5. The van der Waals surface area contributed by atoms with E-state index in [0.717, 1.165) is 35.5 Å². The first kappa shape index (κ1) is 22.7. The van der Waals surface area contributed by atoms with Gasteiger partial charge >= 0.3 is 0 Å². The number of benzene rings is 1. The van der Waals surface area contributed by atoms with E-state index in [1.54, 1.807) is 12.8 Å². The maximum Gasteiger partial charge on any atom is -0.0230 e. The second-order valence-corrected chi connectivity index (χ2v) is 13.1. The lowest BCUT2D eigenvalue weighted by molar-refractivity contribution is -0.114. The summed E-state index contributed by atoms with van der Waals surface area (Å²) in [5.74, 6) is 5.87. The minimum atomic E-state index is 0.601. The molecule has 4 aliphatic rings. The minimum Gasteiger partial charge on any atom is -0.0807 e. The van der Waals surface area contributed by atoms with Crippen LogP contribution < -0.4 is 0 Å². The van der Waals surface area contributed by atoms with Gasteiger partial charge in [0.25, 0.3) is 0 Å². The summed E-state index contributed by atoms with van der Waals surface area (Å²) in [6, 6.07) is 9.09. The molecule has 0 aliphatic heterocycles. The fraction of sp³-hybridized carbons (Fsp3) is 0.750. The molecule has 0 N–H and O–H groups in total. The maximum absolute atomic E-state index is 2.73. The molecule has 4 aliphatic carbocycles. The summed E-state index contributed by atoms with van der Waals surface area (Å²) >= 11 is 0. The van der Waals surface area contributed by atoms with Crippen molar-refractivity contribution >= 4 is 5.57 Å². The monoisotopic (exact) mass is 432 g/mol. The predicted molar refractivity (Wildman–Crippen MR) is 138 cm³/mol. The number of aryl methyl sites for hydroxylation is 1. The van der Waals surface area contributed by atoms with Gasteiger partial charge in [0.1, 0.15) is 0 Å². The van der Waals surface area contributed by atoms with Gasteiger partial charge in [0.15, 0.2) is 0 Å². The Morgan fingerprint density at radius 1 is 0.906 bits per heavy atom. The highest BCUT2D eigenvalue weighted by atomic mass is 14.6. The summed E-state index contributed by atoms with van der Waals surface area (Å²) in [5, 5.41) is 0. The zero-order valence-corrected chi connectivity index (χ0v) is 21.6. The van der Waals surface area contributed by atoms with Gasteiger partial charge in [-0.25, -0.2) is 0 Å². The Labute approximate surface area is 198 Å². The second-order valence-electron chi connectivity index (χ2n) is 13.1. The Morgan fingerprint density at radius 3 is 2.44 bits per heavy atom. The molecular formula is C32H48. The SMILES string of the molecule is C/C(=C\C[C@@H](C)C1CCC2C3CCC4CCCC[C@]4(C)C3CC[C@@]21C)c1ccc(C)cc1. The van der Waals surface area contributed by atoms with Gasteiger partial charge in [-0.3, -0.25) is 0 Å². The first-order valence-corrected chi connectivity index (χ1v) is 14.1. The Bertz CT molecular complexity index is 830. The summed E-state index contributed by atoms with van der Waals surface area (Å²) < 4.78 is 0. The lowest BCUT2D eigenvalue weighted by atomic mass is 9.44. The highest BCUT2D eigenvalue weighted by Crippen LogP contribution is 2.68. The summed E-state index contributed by atoms with van der Waals surface area (Å²) in [6.45, 7) is 12.5. The molecule has 0 heterocycles. The van der Waals surface area contributed by atoms with Crippen molar-refractivity contribution in [3.63, 3.8) is 0 Å². The van der Waals surface area contributed by atoms with Crippen molar-refractivity contribution in [3.05, 3.63) is 41.5 Å². The molecule has 4 saturated carbocycles. The van der Waals surface area contributed by atoms with E-state index in [1.165, 1.54) is 74.5 Å². The number of rotatable bonds is 4. The van der Waals surface area contributed by atoms with Crippen LogP contribution in [0.15, 0.2) is 30.3 Å². The number of hydrogen-bond donors (Lipinski definition) is 0. The third-order valence-corrected chi connectivity index (χ3v) is 11.6. The molecule has 0 bridgehead atoms. The molecule has 32 heavy (non-hydrogen) atoms. The van der Waals surface area contributed by atoms with Crippen molar-refractivity contribution in [2.45, 2.75) is 105 Å².